The van der Waals surface area contributed by atoms with Gasteiger partial charge in [0.25, 0.3) is 0 Å². The van der Waals surface area contributed by atoms with E-state index < -0.39 is 0 Å². The molecule has 0 amide bonds. The van der Waals surface area contributed by atoms with Crippen LogP contribution < -0.4 is 0 Å². The molecule has 2 aromatic carbocycles. The summed E-state index contributed by atoms with van der Waals surface area (Å²) in [7, 11) is 0. The molecule has 158 valence electrons. The summed E-state index contributed by atoms with van der Waals surface area (Å²) in [5, 5.41) is 9.49. The van der Waals surface area contributed by atoms with Crippen LogP contribution in [-0.4, -0.2) is 26.3 Å². The summed E-state index contributed by atoms with van der Waals surface area (Å²) in [6.07, 6.45) is 1.07. The van der Waals surface area contributed by atoms with Crippen LogP contribution in [0.2, 0.25) is 0 Å². The SMILES string of the molecule is CCn1c(SCC(=O)c2ccc(F)cc2)nnc1C(C)c1ccc(CC(C)C)cc1. The third kappa shape index (κ3) is 5.36. The lowest BCUT2D eigenvalue weighted by Crippen LogP contribution is -2.09. The van der Waals surface area contributed by atoms with Gasteiger partial charge in [0.05, 0.1) is 5.75 Å². The van der Waals surface area contributed by atoms with Crippen molar-refractivity contribution in [2.24, 2.45) is 5.92 Å². The smallest absolute Gasteiger partial charge is 0.191 e. The molecule has 0 saturated heterocycles. The average molecular weight is 426 g/mol. The van der Waals surface area contributed by atoms with Gasteiger partial charge in [-0.2, -0.15) is 0 Å². The molecule has 1 aromatic heterocycles. The highest BCUT2D eigenvalue weighted by molar-refractivity contribution is 7.99. The monoisotopic (exact) mass is 425 g/mol. The highest BCUT2D eigenvalue weighted by Gasteiger charge is 2.20. The summed E-state index contributed by atoms with van der Waals surface area (Å²) in [5.74, 6) is 1.47. The maximum atomic E-state index is 13.1. The number of nitrogens with zero attached hydrogens (tertiary/aromatic N) is 3. The zero-order chi connectivity index (χ0) is 21.7. The second kappa shape index (κ2) is 10.0. The number of hydrogen-bond donors (Lipinski definition) is 0. The van der Waals surface area contributed by atoms with Crippen LogP contribution in [0.4, 0.5) is 4.39 Å². The van der Waals surface area contributed by atoms with Gasteiger partial charge in [0, 0.05) is 18.0 Å². The molecule has 1 atom stereocenters. The number of aromatic nitrogens is 3. The van der Waals surface area contributed by atoms with Gasteiger partial charge in [-0.05, 0) is 54.7 Å². The fourth-order valence-corrected chi connectivity index (χ4v) is 4.34. The van der Waals surface area contributed by atoms with Gasteiger partial charge in [-0.15, -0.1) is 10.2 Å². The van der Waals surface area contributed by atoms with Crippen LogP contribution in [-0.2, 0) is 13.0 Å². The van der Waals surface area contributed by atoms with Gasteiger partial charge in [0.1, 0.15) is 11.6 Å². The van der Waals surface area contributed by atoms with E-state index in [0.717, 1.165) is 23.9 Å². The van der Waals surface area contributed by atoms with Crippen molar-refractivity contribution >= 4 is 17.5 Å². The van der Waals surface area contributed by atoms with E-state index in [1.807, 2.05) is 0 Å². The molecule has 6 heteroatoms. The van der Waals surface area contributed by atoms with Crippen molar-refractivity contribution in [2.45, 2.75) is 51.7 Å². The van der Waals surface area contributed by atoms with Crippen molar-refractivity contribution < 1.29 is 9.18 Å². The molecular formula is C24H28FN3OS. The highest BCUT2D eigenvalue weighted by Crippen LogP contribution is 2.27. The normalized spacial score (nSPS) is 12.3. The van der Waals surface area contributed by atoms with E-state index in [-0.39, 0.29) is 23.3 Å². The Labute approximate surface area is 181 Å². The molecule has 1 heterocycles. The maximum Gasteiger partial charge on any atom is 0.191 e. The van der Waals surface area contributed by atoms with Crippen LogP contribution in [0.5, 0.6) is 0 Å². The zero-order valence-electron chi connectivity index (χ0n) is 17.9. The summed E-state index contributed by atoms with van der Waals surface area (Å²) >= 11 is 1.37. The third-order valence-corrected chi connectivity index (χ3v) is 6.04. The Morgan fingerprint density at radius 3 is 2.30 bits per heavy atom. The number of rotatable bonds is 9. The number of ketones is 1. The lowest BCUT2D eigenvalue weighted by molar-refractivity contribution is 0.102. The Hall–Kier alpha value is -2.47. The van der Waals surface area contributed by atoms with E-state index >= 15 is 0 Å². The van der Waals surface area contributed by atoms with Gasteiger partial charge < -0.3 is 4.57 Å². The number of carbonyl (C=O) groups excluding carboxylic acids is 1. The van der Waals surface area contributed by atoms with Gasteiger partial charge in [0.2, 0.25) is 0 Å². The maximum absolute atomic E-state index is 13.1. The largest absolute Gasteiger partial charge is 0.306 e. The standard InChI is InChI=1S/C24H28FN3OS/c1-5-28-23(17(4)19-8-6-18(7-9-19)14-16(2)3)26-27-24(28)30-15-22(29)20-10-12-21(25)13-11-20/h6-13,16-17H,5,14-15H2,1-4H3. The summed E-state index contributed by atoms with van der Waals surface area (Å²) in [4.78, 5) is 12.4. The summed E-state index contributed by atoms with van der Waals surface area (Å²) in [6, 6.07) is 14.4. The van der Waals surface area contributed by atoms with Crippen LogP contribution in [0.3, 0.4) is 0 Å². The summed E-state index contributed by atoms with van der Waals surface area (Å²) in [5.41, 5.74) is 3.04. The molecule has 3 aromatic rings. The van der Waals surface area contributed by atoms with E-state index in [4.69, 9.17) is 0 Å². The number of carbonyl (C=O) groups is 1. The molecule has 0 radical (unpaired) electrons. The van der Waals surface area contributed by atoms with Gasteiger partial charge in [-0.25, -0.2) is 4.39 Å². The number of halogens is 1. The summed E-state index contributed by atoms with van der Waals surface area (Å²) < 4.78 is 15.1. The van der Waals surface area contributed by atoms with Gasteiger partial charge >= 0.3 is 0 Å². The molecule has 0 saturated carbocycles. The lowest BCUT2D eigenvalue weighted by Gasteiger charge is -2.14. The molecule has 3 rings (SSSR count). The number of Topliss-reactive ketones (excluding diaryl/α,β-unsaturated/α-hetero) is 1. The molecule has 0 spiro atoms. The second-order valence-electron chi connectivity index (χ2n) is 7.87. The summed E-state index contributed by atoms with van der Waals surface area (Å²) in [6.45, 7) is 9.36. The predicted octanol–water partition coefficient (Wildman–Crippen LogP) is 5.76. The van der Waals surface area contributed by atoms with Crippen molar-refractivity contribution in [3.8, 4) is 0 Å². The predicted molar refractivity (Wildman–Crippen MR) is 120 cm³/mol. The minimum atomic E-state index is -0.346. The molecule has 30 heavy (non-hydrogen) atoms. The van der Waals surface area contributed by atoms with Crippen LogP contribution in [0, 0.1) is 11.7 Å². The third-order valence-electron chi connectivity index (χ3n) is 5.07. The topological polar surface area (TPSA) is 47.8 Å². The molecule has 0 aliphatic carbocycles. The Kier molecular flexibility index (Phi) is 7.43. The average Bonchev–Trinajstić information content (AvgIpc) is 3.15. The first-order chi connectivity index (χ1) is 14.4. The first-order valence-electron chi connectivity index (χ1n) is 10.3. The Morgan fingerprint density at radius 2 is 1.70 bits per heavy atom. The van der Waals surface area contributed by atoms with Crippen molar-refractivity contribution in [1.29, 1.82) is 0 Å². The quantitative estimate of drug-likeness (QED) is 0.323. The van der Waals surface area contributed by atoms with Gasteiger partial charge in [-0.3, -0.25) is 4.79 Å². The first kappa shape index (κ1) is 22.2. The van der Waals surface area contributed by atoms with Gasteiger partial charge in [-0.1, -0.05) is 56.8 Å². The Bertz CT molecular complexity index is 981. The number of thioether (sulfide) groups is 1. The van der Waals surface area contributed by atoms with Crippen molar-refractivity contribution in [3.05, 3.63) is 76.9 Å². The molecular weight excluding hydrogens is 397 g/mol. The van der Waals surface area contributed by atoms with Crippen LogP contribution in [0.25, 0.3) is 0 Å². The fraction of sp³-hybridized carbons (Fsp3) is 0.375. The Balaban J connectivity index is 1.71. The van der Waals surface area contributed by atoms with E-state index in [2.05, 4.69) is 66.7 Å². The van der Waals surface area contributed by atoms with E-state index in [1.165, 1.54) is 47.2 Å². The van der Waals surface area contributed by atoms with Gasteiger partial charge in [0.15, 0.2) is 10.9 Å². The van der Waals surface area contributed by atoms with E-state index in [9.17, 15) is 9.18 Å². The van der Waals surface area contributed by atoms with E-state index in [1.54, 1.807) is 0 Å². The molecule has 0 bridgehead atoms. The van der Waals surface area contributed by atoms with Crippen molar-refractivity contribution in [2.75, 3.05) is 5.75 Å². The van der Waals surface area contributed by atoms with Crippen LogP contribution in [0.15, 0.2) is 53.7 Å². The molecule has 1 unspecified atom stereocenters. The van der Waals surface area contributed by atoms with Crippen molar-refractivity contribution in [3.63, 3.8) is 0 Å². The van der Waals surface area contributed by atoms with Crippen LogP contribution in [0.1, 0.15) is 60.9 Å². The minimum Gasteiger partial charge on any atom is -0.306 e. The molecule has 0 N–H and O–H groups in total. The molecule has 0 aliphatic heterocycles. The zero-order valence-corrected chi connectivity index (χ0v) is 18.7. The minimum absolute atomic E-state index is 0.0546. The number of hydrogen-bond acceptors (Lipinski definition) is 4. The van der Waals surface area contributed by atoms with Crippen molar-refractivity contribution in [1.82, 2.24) is 14.8 Å². The first-order valence-corrected chi connectivity index (χ1v) is 11.3. The molecule has 0 fully saturated rings. The second-order valence-corrected chi connectivity index (χ2v) is 8.81. The highest BCUT2D eigenvalue weighted by atomic mass is 32.2. The van der Waals surface area contributed by atoms with E-state index in [0.29, 0.717) is 11.5 Å². The lowest BCUT2D eigenvalue weighted by atomic mass is 9.96. The fourth-order valence-electron chi connectivity index (χ4n) is 3.44. The Morgan fingerprint density at radius 1 is 1.03 bits per heavy atom. The van der Waals surface area contributed by atoms with Crippen LogP contribution >= 0.6 is 11.8 Å². The molecule has 0 aliphatic rings. The number of benzene rings is 2. The molecule has 4 nitrogen and oxygen atoms in total.